The molecule has 172 valence electrons. The highest BCUT2D eigenvalue weighted by atomic mass is 35.5. The second-order valence-electron chi connectivity index (χ2n) is 8.55. The fourth-order valence-corrected chi connectivity index (χ4v) is 5.09. The minimum absolute atomic E-state index is 0.0648. The maximum Gasteiger partial charge on any atom is 0.333 e. The zero-order valence-corrected chi connectivity index (χ0v) is 20.1. The van der Waals surface area contributed by atoms with Gasteiger partial charge < -0.3 is 10.5 Å². The van der Waals surface area contributed by atoms with Crippen LogP contribution in [0.15, 0.2) is 40.4 Å². The van der Waals surface area contributed by atoms with Crippen LogP contribution >= 0.6 is 11.6 Å². The van der Waals surface area contributed by atoms with Crippen molar-refractivity contribution in [3.05, 3.63) is 57.6 Å². The normalized spacial score (nSPS) is 15.2. The Labute approximate surface area is 193 Å². The summed E-state index contributed by atoms with van der Waals surface area (Å²) in [4.78, 5) is 12.7. The number of aryl methyl sites for hydroxylation is 1. The highest BCUT2D eigenvalue weighted by Crippen LogP contribution is 2.35. The van der Waals surface area contributed by atoms with E-state index >= 15 is 0 Å². The molecule has 0 heterocycles. The Kier molecular flexibility index (Phi) is 7.15. The summed E-state index contributed by atoms with van der Waals surface area (Å²) in [5.74, 6) is 0.130. The van der Waals surface area contributed by atoms with Gasteiger partial charge in [-0.2, -0.15) is 0 Å². The van der Waals surface area contributed by atoms with Gasteiger partial charge in [-0.15, -0.1) is 0 Å². The summed E-state index contributed by atoms with van der Waals surface area (Å²) >= 11 is 6.26. The zero-order valence-electron chi connectivity index (χ0n) is 18.6. The number of anilines is 1. The second-order valence-corrected chi connectivity index (χ2v) is 10.7. The summed E-state index contributed by atoms with van der Waals surface area (Å²) in [7, 11) is -4.14. The van der Waals surface area contributed by atoms with E-state index in [0.29, 0.717) is 28.4 Å². The number of benzene rings is 2. The fourth-order valence-electron chi connectivity index (χ4n) is 3.92. The van der Waals surface area contributed by atoms with E-state index in [1.165, 1.54) is 12.1 Å². The quantitative estimate of drug-likeness (QED) is 0.384. The van der Waals surface area contributed by atoms with E-state index in [1.807, 2.05) is 27.7 Å². The molecule has 2 amide bonds. The van der Waals surface area contributed by atoms with Gasteiger partial charge in [-0.25, -0.2) is 17.9 Å². The van der Waals surface area contributed by atoms with Crippen LogP contribution in [0.25, 0.3) is 0 Å². The van der Waals surface area contributed by atoms with Crippen molar-refractivity contribution < 1.29 is 18.4 Å². The van der Waals surface area contributed by atoms with E-state index in [9.17, 15) is 18.4 Å². The van der Waals surface area contributed by atoms with Crippen LogP contribution < -0.4 is 10.0 Å². The molecule has 0 saturated carbocycles. The molecule has 0 aromatic heterocycles. The number of rotatable bonds is 5. The molecule has 9 heteroatoms. The van der Waals surface area contributed by atoms with Crippen LogP contribution in [0.5, 0.6) is 0 Å². The summed E-state index contributed by atoms with van der Waals surface area (Å²) in [6.45, 7) is 7.90. The van der Waals surface area contributed by atoms with Gasteiger partial charge in [0.25, 0.3) is 10.0 Å². The van der Waals surface area contributed by atoms with E-state index in [2.05, 4.69) is 15.2 Å². The highest BCUT2D eigenvalue weighted by Gasteiger charge is 2.24. The van der Waals surface area contributed by atoms with Crippen LogP contribution in [-0.4, -0.2) is 25.4 Å². The average molecular weight is 478 g/mol. The summed E-state index contributed by atoms with van der Waals surface area (Å²) < 4.78 is 27.9. The third-order valence-electron chi connectivity index (χ3n) is 5.56. The largest absolute Gasteiger partial charge is 0.411 e. The first kappa shape index (κ1) is 24.1. The lowest BCUT2D eigenvalue weighted by Gasteiger charge is -2.21. The van der Waals surface area contributed by atoms with Gasteiger partial charge >= 0.3 is 6.03 Å². The van der Waals surface area contributed by atoms with Gasteiger partial charge in [0.05, 0.1) is 10.6 Å². The minimum Gasteiger partial charge on any atom is -0.411 e. The van der Waals surface area contributed by atoms with Gasteiger partial charge in [0.15, 0.2) is 0 Å². The topological polar surface area (TPSA) is 108 Å². The summed E-state index contributed by atoms with van der Waals surface area (Å²) in [5, 5.41) is 15.8. The third kappa shape index (κ3) is 5.07. The smallest absolute Gasteiger partial charge is 0.333 e. The Hall–Kier alpha value is -2.58. The first-order chi connectivity index (χ1) is 15.0. The van der Waals surface area contributed by atoms with E-state index in [-0.39, 0.29) is 16.7 Å². The van der Waals surface area contributed by atoms with Crippen LogP contribution in [0, 0.1) is 0 Å². The lowest BCUT2D eigenvalue weighted by Crippen LogP contribution is -2.35. The first-order valence-corrected chi connectivity index (χ1v) is 12.4. The van der Waals surface area contributed by atoms with Crippen molar-refractivity contribution in [2.75, 3.05) is 5.32 Å². The molecule has 7 nitrogen and oxygen atoms in total. The van der Waals surface area contributed by atoms with Gasteiger partial charge in [0.2, 0.25) is 0 Å². The molecule has 1 aliphatic rings. The van der Waals surface area contributed by atoms with Crippen molar-refractivity contribution in [2.45, 2.75) is 63.7 Å². The Morgan fingerprint density at radius 2 is 1.69 bits per heavy atom. The maximum atomic E-state index is 12.9. The molecule has 0 fully saturated rings. The Morgan fingerprint density at radius 1 is 1.06 bits per heavy atom. The number of hydrogen-bond acceptors (Lipinski definition) is 5. The number of oxime groups is 1. The van der Waals surface area contributed by atoms with Crippen LogP contribution in [0.2, 0.25) is 5.02 Å². The molecular weight excluding hydrogens is 450 g/mol. The van der Waals surface area contributed by atoms with Crippen molar-refractivity contribution in [1.82, 2.24) is 4.72 Å². The number of nitrogens with zero attached hydrogens (tertiary/aromatic N) is 1. The predicted octanol–water partition coefficient (Wildman–Crippen LogP) is 5.61. The number of carbonyl (C=O) groups is 1. The van der Waals surface area contributed by atoms with Gasteiger partial charge in [-0.1, -0.05) is 50.5 Å². The molecule has 0 unspecified atom stereocenters. The summed E-state index contributed by atoms with van der Waals surface area (Å²) in [5.41, 5.74) is 4.16. The van der Waals surface area contributed by atoms with Crippen molar-refractivity contribution in [3.63, 3.8) is 0 Å². The number of carbonyl (C=O) groups excluding carboxylic acids is 1. The standard InChI is InChI=1S/C23H28ClN3O4S/c1-13(2)18-10-16(24)11-19(14(3)4)22(18)25-23(28)27-32(30,31)17-9-8-15-6-5-7-21(26-29)20(15)12-17/h8-14,29H,5-7H2,1-4H3,(H2,25,27,28). The van der Waals surface area contributed by atoms with Crippen LogP contribution in [0.1, 0.15) is 74.6 Å². The Balaban J connectivity index is 1.90. The molecule has 0 saturated heterocycles. The molecule has 2 aromatic rings. The average Bonchev–Trinajstić information content (AvgIpc) is 2.73. The maximum absolute atomic E-state index is 12.9. The second kappa shape index (κ2) is 9.50. The molecule has 3 rings (SSSR count). The number of urea groups is 1. The molecule has 0 atom stereocenters. The lowest BCUT2D eigenvalue weighted by atomic mass is 9.90. The molecule has 3 N–H and O–H groups in total. The number of nitrogens with one attached hydrogen (secondary N) is 2. The third-order valence-corrected chi connectivity index (χ3v) is 7.10. The predicted molar refractivity (Wildman–Crippen MR) is 127 cm³/mol. The molecule has 0 bridgehead atoms. The van der Waals surface area contributed by atoms with Crippen LogP contribution in [0.4, 0.5) is 10.5 Å². The van der Waals surface area contributed by atoms with E-state index in [4.69, 9.17) is 11.6 Å². The number of sulfonamides is 1. The van der Waals surface area contributed by atoms with E-state index in [1.54, 1.807) is 18.2 Å². The Bertz CT molecular complexity index is 1140. The van der Waals surface area contributed by atoms with Crippen molar-refractivity contribution >= 4 is 39.1 Å². The fraction of sp³-hybridized carbons (Fsp3) is 0.391. The Morgan fingerprint density at radius 3 is 2.25 bits per heavy atom. The van der Waals surface area contributed by atoms with Gasteiger partial charge in [-0.05, 0) is 72.1 Å². The van der Waals surface area contributed by atoms with Crippen LogP contribution in [-0.2, 0) is 16.4 Å². The van der Waals surface area contributed by atoms with E-state index < -0.39 is 16.1 Å². The molecular formula is C23H28ClN3O4S. The van der Waals surface area contributed by atoms with Crippen molar-refractivity contribution in [3.8, 4) is 0 Å². The van der Waals surface area contributed by atoms with Gasteiger partial charge in [-0.3, -0.25) is 0 Å². The van der Waals surface area contributed by atoms with Gasteiger partial charge in [0, 0.05) is 16.3 Å². The number of amides is 2. The lowest BCUT2D eigenvalue weighted by molar-refractivity contribution is 0.256. The molecule has 2 aromatic carbocycles. The molecule has 1 aliphatic carbocycles. The summed E-state index contributed by atoms with van der Waals surface area (Å²) in [6, 6.07) is 7.29. The van der Waals surface area contributed by atoms with Crippen LogP contribution in [0.3, 0.4) is 0 Å². The monoisotopic (exact) mass is 477 g/mol. The van der Waals surface area contributed by atoms with Gasteiger partial charge in [0.1, 0.15) is 0 Å². The van der Waals surface area contributed by atoms with Crippen molar-refractivity contribution in [2.24, 2.45) is 5.16 Å². The number of fused-ring (bicyclic) bond motifs is 1. The molecule has 0 spiro atoms. The van der Waals surface area contributed by atoms with E-state index in [0.717, 1.165) is 29.5 Å². The minimum atomic E-state index is -4.14. The summed E-state index contributed by atoms with van der Waals surface area (Å²) in [6.07, 6.45) is 2.17. The highest BCUT2D eigenvalue weighted by molar-refractivity contribution is 7.90. The number of hydrogen-bond donors (Lipinski definition) is 3. The van der Waals surface area contributed by atoms with Crippen molar-refractivity contribution in [1.29, 1.82) is 0 Å². The SMILES string of the molecule is CC(C)c1cc(Cl)cc(C(C)C)c1NC(=O)NS(=O)(=O)c1ccc2c(c1)C(=NO)CCC2. The zero-order chi connectivity index (χ0) is 23.6. The molecule has 0 aliphatic heterocycles. The molecule has 0 radical (unpaired) electrons. The first-order valence-electron chi connectivity index (χ1n) is 10.5. The molecule has 32 heavy (non-hydrogen) atoms. The number of halogens is 1.